The number of halogens is 2. The number of hydrogen-bond acceptors (Lipinski definition) is 3. The molecule has 0 radical (unpaired) electrons. The van der Waals surface area contributed by atoms with Gasteiger partial charge in [0.05, 0.1) is 12.1 Å². The maximum atomic E-state index is 12.4. The van der Waals surface area contributed by atoms with E-state index < -0.39 is 17.6 Å². The Bertz CT molecular complexity index is 638. The number of amides is 2. The first-order valence-corrected chi connectivity index (χ1v) is 7.51. The van der Waals surface area contributed by atoms with Gasteiger partial charge in [0.15, 0.2) is 5.76 Å². The summed E-state index contributed by atoms with van der Waals surface area (Å²) in [5.41, 5.74) is 0.882. The van der Waals surface area contributed by atoms with Gasteiger partial charge in [-0.3, -0.25) is 9.59 Å². The molecule has 7 heteroatoms. The van der Waals surface area contributed by atoms with Gasteiger partial charge >= 0.3 is 0 Å². The molecule has 0 saturated carbocycles. The van der Waals surface area contributed by atoms with Crippen molar-refractivity contribution < 1.29 is 14.7 Å². The molecule has 1 aliphatic heterocycles. The van der Waals surface area contributed by atoms with Crippen molar-refractivity contribution in [2.24, 2.45) is 0 Å². The number of aliphatic hydroxyl groups excluding tert-OH is 1. The molecule has 5 nitrogen and oxygen atoms in total. The predicted molar refractivity (Wildman–Crippen MR) is 84.8 cm³/mol. The standard InChI is InChI=1S/C15H16Cl2N2O3/c1-3-19-8-12(13(20)15(19)22)14(21)18(2)7-9-4-10(16)6-11(17)5-9/h4-6,20H,3,7-8H2,1-2H3. The van der Waals surface area contributed by atoms with Crippen molar-refractivity contribution in [3.63, 3.8) is 0 Å². The van der Waals surface area contributed by atoms with Crippen LogP contribution in [0.2, 0.25) is 10.0 Å². The fourth-order valence-electron chi connectivity index (χ4n) is 2.32. The van der Waals surface area contributed by atoms with Crippen molar-refractivity contribution in [2.45, 2.75) is 13.5 Å². The third-order valence-electron chi connectivity index (χ3n) is 3.45. The van der Waals surface area contributed by atoms with E-state index >= 15 is 0 Å². The van der Waals surface area contributed by atoms with Crippen molar-refractivity contribution in [3.8, 4) is 0 Å². The molecule has 0 aliphatic carbocycles. The quantitative estimate of drug-likeness (QED) is 0.914. The fraction of sp³-hybridized carbons (Fsp3) is 0.333. The Balaban J connectivity index is 2.14. The maximum absolute atomic E-state index is 12.4. The Morgan fingerprint density at radius 1 is 1.32 bits per heavy atom. The van der Waals surface area contributed by atoms with Crippen molar-refractivity contribution in [2.75, 3.05) is 20.1 Å². The van der Waals surface area contributed by atoms with E-state index in [1.54, 1.807) is 32.2 Å². The molecule has 2 amide bonds. The first-order chi connectivity index (χ1) is 10.3. The van der Waals surface area contributed by atoms with E-state index in [0.29, 0.717) is 16.6 Å². The van der Waals surface area contributed by atoms with Crippen LogP contribution in [-0.4, -0.2) is 46.9 Å². The minimum Gasteiger partial charge on any atom is -0.503 e. The molecule has 0 aromatic heterocycles. The molecule has 0 unspecified atom stereocenters. The van der Waals surface area contributed by atoms with Gasteiger partial charge in [0.1, 0.15) is 0 Å². The summed E-state index contributed by atoms with van der Waals surface area (Å²) in [5.74, 6) is -1.37. The van der Waals surface area contributed by atoms with Crippen LogP contribution in [0.1, 0.15) is 12.5 Å². The van der Waals surface area contributed by atoms with Crippen molar-refractivity contribution in [3.05, 3.63) is 45.1 Å². The molecule has 1 aromatic rings. The molecule has 0 atom stereocenters. The Morgan fingerprint density at radius 2 is 1.91 bits per heavy atom. The van der Waals surface area contributed by atoms with Gasteiger partial charge in [0.2, 0.25) is 0 Å². The lowest BCUT2D eigenvalue weighted by atomic mass is 10.2. The largest absolute Gasteiger partial charge is 0.503 e. The third kappa shape index (κ3) is 3.36. The summed E-state index contributed by atoms with van der Waals surface area (Å²) >= 11 is 11.9. The summed E-state index contributed by atoms with van der Waals surface area (Å²) < 4.78 is 0. The number of rotatable bonds is 4. The predicted octanol–water partition coefficient (Wildman–Crippen LogP) is 2.63. The monoisotopic (exact) mass is 342 g/mol. The van der Waals surface area contributed by atoms with E-state index in [-0.39, 0.29) is 18.7 Å². The van der Waals surface area contributed by atoms with Gasteiger partial charge in [0, 0.05) is 30.2 Å². The Morgan fingerprint density at radius 3 is 2.41 bits per heavy atom. The van der Waals surface area contributed by atoms with Crippen molar-refractivity contribution in [1.82, 2.24) is 9.80 Å². The van der Waals surface area contributed by atoms with Gasteiger partial charge in [-0.25, -0.2) is 0 Å². The Hall–Kier alpha value is -1.72. The van der Waals surface area contributed by atoms with E-state index in [1.807, 2.05) is 0 Å². The topological polar surface area (TPSA) is 60.9 Å². The minimum atomic E-state index is -0.509. The zero-order valence-corrected chi connectivity index (χ0v) is 13.8. The second-order valence-electron chi connectivity index (χ2n) is 5.09. The number of hydrogen-bond donors (Lipinski definition) is 1. The van der Waals surface area contributed by atoms with Crippen molar-refractivity contribution in [1.29, 1.82) is 0 Å². The summed E-state index contributed by atoms with van der Waals surface area (Å²) in [6.45, 7) is 2.63. The van der Waals surface area contributed by atoms with E-state index in [1.165, 1.54) is 9.80 Å². The lowest BCUT2D eigenvalue weighted by molar-refractivity contribution is -0.127. The van der Waals surface area contributed by atoms with Crippen LogP contribution in [0.25, 0.3) is 0 Å². The smallest absolute Gasteiger partial charge is 0.289 e. The SMILES string of the molecule is CCN1CC(C(=O)N(C)Cc2cc(Cl)cc(Cl)c2)=C(O)C1=O. The molecule has 1 N–H and O–H groups in total. The number of nitrogens with zero attached hydrogens (tertiary/aromatic N) is 2. The second kappa shape index (κ2) is 6.58. The maximum Gasteiger partial charge on any atom is 0.289 e. The first-order valence-electron chi connectivity index (χ1n) is 6.75. The number of benzene rings is 1. The first kappa shape index (κ1) is 16.6. The van der Waals surface area contributed by atoms with E-state index in [4.69, 9.17) is 23.2 Å². The molecule has 118 valence electrons. The van der Waals surface area contributed by atoms with Gasteiger partial charge < -0.3 is 14.9 Å². The molecule has 2 rings (SSSR count). The lowest BCUT2D eigenvalue weighted by Crippen LogP contribution is -2.31. The molecule has 0 saturated heterocycles. The molecular weight excluding hydrogens is 327 g/mol. The molecule has 1 aliphatic rings. The highest BCUT2D eigenvalue weighted by atomic mass is 35.5. The molecule has 1 aromatic carbocycles. The zero-order chi connectivity index (χ0) is 16.4. The number of carbonyl (C=O) groups excluding carboxylic acids is 2. The second-order valence-corrected chi connectivity index (χ2v) is 5.96. The number of carbonyl (C=O) groups is 2. The Kier molecular flexibility index (Phi) is 4.98. The highest BCUT2D eigenvalue weighted by Gasteiger charge is 2.34. The average molecular weight is 343 g/mol. The van der Waals surface area contributed by atoms with E-state index in [9.17, 15) is 14.7 Å². The van der Waals surface area contributed by atoms with Gasteiger partial charge in [-0.2, -0.15) is 0 Å². The van der Waals surface area contributed by atoms with Crippen LogP contribution in [0.5, 0.6) is 0 Å². The van der Waals surface area contributed by atoms with Gasteiger partial charge in [0.25, 0.3) is 11.8 Å². The van der Waals surface area contributed by atoms with Crippen LogP contribution in [0, 0.1) is 0 Å². The van der Waals surface area contributed by atoms with E-state index in [2.05, 4.69) is 0 Å². The number of likely N-dealkylation sites (N-methyl/N-ethyl adjacent to an activating group) is 2. The summed E-state index contributed by atoms with van der Waals surface area (Å²) in [7, 11) is 1.59. The Labute approximate surface area is 138 Å². The lowest BCUT2D eigenvalue weighted by Gasteiger charge is -2.19. The highest BCUT2D eigenvalue weighted by Crippen LogP contribution is 2.22. The molecule has 0 spiro atoms. The minimum absolute atomic E-state index is 0.113. The van der Waals surface area contributed by atoms with Crippen molar-refractivity contribution >= 4 is 35.0 Å². The van der Waals surface area contributed by atoms with Gasteiger partial charge in [-0.1, -0.05) is 23.2 Å². The summed E-state index contributed by atoms with van der Waals surface area (Å²) in [6, 6.07) is 5.03. The van der Waals surface area contributed by atoms with Crippen LogP contribution in [0.15, 0.2) is 29.5 Å². The zero-order valence-electron chi connectivity index (χ0n) is 12.3. The van der Waals surface area contributed by atoms with Gasteiger partial charge in [-0.05, 0) is 30.7 Å². The van der Waals surface area contributed by atoms with E-state index in [0.717, 1.165) is 5.56 Å². The number of aliphatic hydroxyl groups is 1. The molecule has 0 fully saturated rings. The molecule has 1 heterocycles. The van der Waals surface area contributed by atoms with Crippen LogP contribution in [-0.2, 0) is 16.1 Å². The summed E-state index contributed by atoms with van der Waals surface area (Å²) in [6.07, 6.45) is 0. The average Bonchev–Trinajstić information content (AvgIpc) is 2.73. The molecule has 22 heavy (non-hydrogen) atoms. The molecular formula is C15H16Cl2N2O3. The third-order valence-corrected chi connectivity index (χ3v) is 3.89. The van der Waals surface area contributed by atoms with Crippen LogP contribution in [0.4, 0.5) is 0 Å². The highest BCUT2D eigenvalue weighted by molar-refractivity contribution is 6.34. The fourth-order valence-corrected chi connectivity index (χ4v) is 2.89. The normalized spacial score (nSPS) is 14.7. The van der Waals surface area contributed by atoms with Crippen LogP contribution in [0.3, 0.4) is 0 Å². The summed E-state index contributed by atoms with van der Waals surface area (Å²) in [4.78, 5) is 27.0. The summed E-state index contributed by atoms with van der Waals surface area (Å²) in [5, 5.41) is 10.8. The van der Waals surface area contributed by atoms with Crippen LogP contribution >= 0.6 is 23.2 Å². The van der Waals surface area contributed by atoms with Gasteiger partial charge in [-0.15, -0.1) is 0 Å². The van der Waals surface area contributed by atoms with Crippen LogP contribution < -0.4 is 0 Å². The molecule has 0 bridgehead atoms.